The minimum Gasteiger partial charge on any atom is -0.328 e. The molecule has 0 saturated carbocycles. The van der Waals surface area contributed by atoms with Crippen LogP contribution in [0.5, 0.6) is 0 Å². The monoisotopic (exact) mass is 247 g/mol. The number of aryl methyl sites for hydroxylation is 1. The molecule has 0 unspecified atom stereocenters. The summed E-state index contributed by atoms with van der Waals surface area (Å²) < 4.78 is 36.7. The van der Waals surface area contributed by atoms with E-state index in [2.05, 4.69) is 9.97 Å². The van der Waals surface area contributed by atoms with Gasteiger partial charge in [-0.05, 0) is 13.8 Å². The topological polar surface area (TPSA) is 46.1 Å². The van der Waals surface area contributed by atoms with E-state index in [0.29, 0.717) is 10.6 Å². The van der Waals surface area contributed by atoms with Crippen molar-refractivity contribution in [3.8, 4) is 0 Å². The Morgan fingerprint density at radius 2 is 2.06 bits per heavy atom. The Hall–Kier alpha value is -1.66. The normalized spacial score (nSPS) is 11.4. The van der Waals surface area contributed by atoms with Crippen molar-refractivity contribution in [1.29, 1.82) is 0 Å². The molecular formula is C10H12F3N3O. The fourth-order valence-corrected chi connectivity index (χ4v) is 1.27. The van der Waals surface area contributed by atoms with Gasteiger partial charge < -0.3 is 4.90 Å². The maximum absolute atomic E-state index is 12.2. The maximum Gasteiger partial charge on any atom is 0.406 e. The molecule has 0 fully saturated rings. The largest absolute Gasteiger partial charge is 0.406 e. The fourth-order valence-electron chi connectivity index (χ4n) is 1.27. The molecule has 7 heteroatoms. The second-order valence-electron chi connectivity index (χ2n) is 3.48. The molecule has 0 aromatic carbocycles. The zero-order valence-corrected chi connectivity index (χ0v) is 9.45. The van der Waals surface area contributed by atoms with Crippen molar-refractivity contribution in [3.05, 3.63) is 23.8 Å². The van der Waals surface area contributed by atoms with E-state index in [0.717, 1.165) is 6.20 Å². The zero-order chi connectivity index (χ0) is 13.1. The van der Waals surface area contributed by atoms with Gasteiger partial charge >= 0.3 is 6.18 Å². The number of hydrogen-bond acceptors (Lipinski definition) is 3. The first kappa shape index (κ1) is 13.4. The van der Waals surface area contributed by atoms with Gasteiger partial charge in [-0.1, -0.05) is 0 Å². The van der Waals surface area contributed by atoms with Gasteiger partial charge in [-0.25, -0.2) is 4.98 Å². The van der Waals surface area contributed by atoms with Gasteiger partial charge in [-0.3, -0.25) is 9.78 Å². The van der Waals surface area contributed by atoms with Gasteiger partial charge in [-0.15, -0.1) is 0 Å². The van der Waals surface area contributed by atoms with E-state index >= 15 is 0 Å². The molecule has 94 valence electrons. The van der Waals surface area contributed by atoms with E-state index in [4.69, 9.17) is 0 Å². The fraction of sp³-hybridized carbons (Fsp3) is 0.500. The van der Waals surface area contributed by atoms with Crippen LogP contribution in [0.1, 0.15) is 23.1 Å². The Bertz CT molecular complexity index is 406. The summed E-state index contributed by atoms with van der Waals surface area (Å²) in [6, 6.07) is 0. The molecule has 0 saturated heterocycles. The van der Waals surface area contributed by atoms with Crippen molar-refractivity contribution >= 4 is 5.91 Å². The number of carbonyl (C=O) groups is 1. The molecule has 1 heterocycles. The number of aromatic nitrogens is 2. The third-order valence-corrected chi connectivity index (χ3v) is 2.01. The highest BCUT2D eigenvalue weighted by Gasteiger charge is 2.33. The molecule has 1 rings (SSSR count). The summed E-state index contributed by atoms with van der Waals surface area (Å²) in [5.74, 6) is -0.763. The zero-order valence-electron chi connectivity index (χ0n) is 9.45. The van der Waals surface area contributed by atoms with Crippen LogP contribution >= 0.6 is 0 Å². The highest BCUT2D eigenvalue weighted by molar-refractivity contribution is 5.92. The standard InChI is InChI=1S/C10H12F3N3O/c1-3-16(6-10(11,12)13)9(17)8-5-14-4-7(2)15-8/h4-5H,3,6H2,1-2H3. The SMILES string of the molecule is CCN(CC(F)(F)F)C(=O)c1cncc(C)n1. The Morgan fingerprint density at radius 3 is 2.53 bits per heavy atom. The van der Waals surface area contributed by atoms with Gasteiger partial charge in [0.15, 0.2) is 0 Å². The average molecular weight is 247 g/mol. The molecule has 0 N–H and O–H groups in total. The Labute approximate surface area is 96.5 Å². The molecule has 1 amide bonds. The van der Waals surface area contributed by atoms with Gasteiger partial charge in [0.1, 0.15) is 12.2 Å². The summed E-state index contributed by atoms with van der Waals surface area (Å²) in [5.41, 5.74) is 0.412. The van der Waals surface area contributed by atoms with Crippen LogP contribution in [-0.4, -0.2) is 40.0 Å². The third kappa shape index (κ3) is 4.01. The molecule has 1 aromatic rings. The second kappa shape index (κ2) is 5.11. The van der Waals surface area contributed by atoms with Gasteiger partial charge in [-0.2, -0.15) is 13.2 Å². The number of rotatable bonds is 3. The number of carbonyl (C=O) groups excluding carboxylic acids is 1. The van der Waals surface area contributed by atoms with Gasteiger partial charge in [0.25, 0.3) is 5.91 Å². The minimum atomic E-state index is -4.41. The average Bonchev–Trinajstić information content (AvgIpc) is 2.23. The summed E-state index contributed by atoms with van der Waals surface area (Å²) in [7, 11) is 0. The van der Waals surface area contributed by atoms with E-state index in [-0.39, 0.29) is 12.2 Å². The van der Waals surface area contributed by atoms with E-state index in [1.54, 1.807) is 6.92 Å². The van der Waals surface area contributed by atoms with E-state index < -0.39 is 18.6 Å². The van der Waals surface area contributed by atoms with Crippen molar-refractivity contribution in [2.75, 3.05) is 13.1 Å². The van der Waals surface area contributed by atoms with Crippen LogP contribution in [0.25, 0.3) is 0 Å². The molecule has 17 heavy (non-hydrogen) atoms. The molecule has 4 nitrogen and oxygen atoms in total. The van der Waals surface area contributed by atoms with Crippen LogP contribution in [-0.2, 0) is 0 Å². The smallest absolute Gasteiger partial charge is 0.328 e. The van der Waals surface area contributed by atoms with E-state index in [9.17, 15) is 18.0 Å². The molecule has 0 bridgehead atoms. The lowest BCUT2D eigenvalue weighted by Crippen LogP contribution is -2.39. The molecule has 0 radical (unpaired) electrons. The van der Waals surface area contributed by atoms with Crippen molar-refractivity contribution in [2.24, 2.45) is 0 Å². The molecule has 0 aliphatic heterocycles. The first-order chi connectivity index (χ1) is 7.83. The van der Waals surface area contributed by atoms with E-state index in [1.807, 2.05) is 0 Å². The van der Waals surface area contributed by atoms with Crippen LogP contribution in [0.4, 0.5) is 13.2 Å². The van der Waals surface area contributed by atoms with Crippen molar-refractivity contribution in [2.45, 2.75) is 20.0 Å². The summed E-state index contributed by atoms with van der Waals surface area (Å²) in [5, 5.41) is 0. The number of halogens is 3. The minimum absolute atomic E-state index is 0.0338. The molecule has 1 aromatic heterocycles. The summed E-state index contributed by atoms with van der Waals surface area (Å²) in [6.45, 7) is 1.78. The summed E-state index contributed by atoms with van der Waals surface area (Å²) in [6.07, 6.45) is -1.83. The maximum atomic E-state index is 12.2. The van der Waals surface area contributed by atoms with Gasteiger partial charge in [0.2, 0.25) is 0 Å². The Morgan fingerprint density at radius 1 is 1.41 bits per heavy atom. The van der Waals surface area contributed by atoms with Crippen LogP contribution in [0.3, 0.4) is 0 Å². The number of alkyl halides is 3. The lowest BCUT2D eigenvalue weighted by molar-refractivity contribution is -0.140. The van der Waals surface area contributed by atoms with Crippen molar-refractivity contribution in [1.82, 2.24) is 14.9 Å². The van der Waals surface area contributed by atoms with E-state index in [1.165, 1.54) is 13.1 Å². The highest BCUT2D eigenvalue weighted by Crippen LogP contribution is 2.17. The van der Waals surface area contributed by atoms with Crippen molar-refractivity contribution in [3.63, 3.8) is 0 Å². The Balaban J connectivity index is 2.87. The molecular weight excluding hydrogens is 235 g/mol. The molecule has 0 aliphatic rings. The Kier molecular flexibility index (Phi) is 4.03. The second-order valence-corrected chi connectivity index (χ2v) is 3.48. The van der Waals surface area contributed by atoms with Crippen molar-refractivity contribution < 1.29 is 18.0 Å². The van der Waals surface area contributed by atoms with Gasteiger partial charge in [0.05, 0.1) is 11.9 Å². The molecule has 0 atom stereocenters. The summed E-state index contributed by atoms with van der Waals surface area (Å²) in [4.78, 5) is 20.0. The van der Waals surface area contributed by atoms with Gasteiger partial charge in [0, 0.05) is 12.7 Å². The first-order valence-corrected chi connectivity index (χ1v) is 4.98. The quantitative estimate of drug-likeness (QED) is 0.818. The molecule has 0 spiro atoms. The number of hydrogen-bond donors (Lipinski definition) is 0. The lowest BCUT2D eigenvalue weighted by Gasteiger charge is -2.21. The first-order valence-electron chi connectivity index (χ1n) is 4.98. The highest BCUT2D eigenvalue weighted by atomic mass is 19.4. The third-order valence-electron chi connectivity index (χ3n) is 2.01. The number of amides is 1. The van der Waals surface area contributed by atoms with Crippen LogP contribution in [0.15, 0.2) is 12.4 Å². The van der Waals surface area contributed by atoms with Crippen LogP contribution < -0.4 is 0 Å². The molecule has 0 aliphatic carbocycles. The lowest BCUT2D eigenvalue weighted by atomic mass is 10.3. The predicted molar refractivity (Wildman–Crippen MR) is 54.4 cm³/mol. The predicted octanol–water partition coefficient (Wildman–Crippen LogP) is 1.81. The summed E-state index contributed by atoms with van der Waals surface area (Å²) >= 11 is 0. The van der Waals surface area contributed by atoms with Crippen LogP contribution in [0.2, 0.25) is 0 Å². The van der Waals surface area contributed by atoms with Crippen LogP contribution in [0, 0.1) is 6.92 Å². The number of nitrogens with zero attached hydrogens (tertiary/aromatic N) is 3.